The van der Waals surface area contributed by atoms with E-state index in [0.717, 1.165) is 25.7 Å². The predicted octanol–water partition coefficient (Wildman–Crippen LogP) is 0.277. The summed E-state index contributed by atoms with van der Waals surface area (Å²) in [6, 6.07) is 0.818. The molecule has 3 unspecified atom stereocenters. The number of methoxy groups -OCH3 is 1. The Morgan fingerprint density at radius 3 is 2.38 bits per heavy atom. The van der Waals surface area contributed by atoms with Crippen LogP contribution in [0.5, 0.6) is 0 Å². The highest BCUT2D eigenvalue weighted by Gasteiger charge is 2.52. The Hall–Kier alpha value is -0.160. The lowest BCUT2D eigenvalue weighted by atomic mass is 9.67. The molecular formula is C12H23NO3. The van der Waals surface area contributed by atoms with Gasteiger partial charge in [-0.05, 0) is 25.7 Å². The zero-order valence-electron chi connectivity index (χ0n) is 10.2. The van der Waals surface area contributed by atoms with E-state index in [1.54, 1.807) is 7.11 Å². The Morgan fingerprint density at radius 1 is 1.38 bits per heavy atom. The number of piperidine rings is 1. The first kappa shape index (κ1) is 12.3. The van der Waals surface area contributed by atoms with Crippen molar-refractivity contribution in [2.24, 2.45) is 5.41 Å². The van der Waals surface area contributed by atoms with Gasteiger partial charge in [0.1, 0.15) is 0 Å². The number of fused-ring (bicyclic) bond motifs is 2. The van der Waals surface area contributed by atoms with E-state index < -0.39 is 11.0 Å². The highest BCUT2D eigenvalue weighted by molar-refractivity contribution is 5.07. The Labute approximate surface area is 97.0 Å². The second-order valence-corrected chi connectivity index (χ2v) is 5.73. The maximum absolute atomic E-state index is 10.8. The molecule has 4 heteroatoms. The Bertz CT molecular complexity index is 247. The van der Waals surface area contributed by atoms with Gasteiger partial charge in [0.05, 0.1) is 18.8 Å². The van der Waals surface area contributed by atoms with Gasteiger partial charge in [-0.15, -0.1) is 0 Å². The number of aliphatic hydroxyl groups is 2. The molecule has 0 aromatic carbocycles. The molecule has 3 N–H and O–H groups in total. The first-order valence-corrected chi connectivity index (χ1v) is 6.11. The van der Waals surface area contributed by atoms with Crippen molar-refractivity contribution in [3.63, 3.8) is 0 Å². The highest BCUT2D eigenvalue weighted by atomic mass is 16.5. The molecule has 2 aliphatic rings. The summed E-state index contributed by atoms with van der Waals surface area (Å²) in [6.07, 6.45) is 3.73. The van der Waals surface area contributed by atoms with Gasteiger partial charge in [0.25, 0.3) is 0 Å². The topological polar surface area (TPSA) is 61.7 Å². The van der Waals surface area contributed by atoms with Crippen molar-refractivity contribution in [2.75, 3.05) is 20.3 Å². The number of rotatable bonds is 4. The van der Waals surface area contributed by atoms with Crippen molar-refractivity contribution in [1.29, 1.82) is 0 Å². The van der Waals surface area contributed by atoms with Crippen molar-refractivity contribution in [1.82, 2.24) is 5.32 Å². The normalized spacial score (nSPS) is 42.0. The fourth-order valence-corrected chi connectivity index (χ4v) is 3.26. The Balaban J connectivity index is 2.16. The van der Waals surface area contributed by atoms with E-state index in [4.69, 9.17) is 4.74 Å². The Kier molecular flexibility index (Phi) is 3.27. The van der Waals surface area contributed by atoms with Crippen LogP contribution in [0.4, 0.5) is 0 Å². The van der Waals surface area contributed by atoms with Crippen molar-refractivity contribution < 1.29 is 14.9 Å². The maximum Gasteiger partial charge on any atom is 0.0774 e. The first-order valence-electron chi connectivity index (χ1n) is 6.11. The van der Waals surface area contributed by atoms with Crippen LogP contribution in [0.1, 0.15) is 32.6 Å². The fourth-order valence-electron chi connectivity index (χ4n) is 3.26. The summed E-state index contributed by atoms with van der Waals surface area (Å²) in [6.45, 7) is 2.29. The van der Waals surface area contributed by atoms with Crippen LogP contribution < -0.4 is 5.32 Å². The number of nitrogens with one attached hydrogen (secondary N) is 1. The molecule has 0 aromatic heterocycles. The minimum Gasteiger partial charge on any atom is -0.396 e. The van der Waals surface area contributed by atoms with Crippen LogP contribution in [0, 0.1) is 5.41 Å². The van der Waals surface area contributed by atoms with Crippen LogP contribution >= 0.6 is 0 Å². The molecule has 2 bridgehead atoms. The zero-order chi connectivity index (χ0) is 11.8. The van der Waals surface area contributed by atoms with E-state index in [9.17, 15) is 10.2 Å². The van der Waals surface area contributed by atoms with Crippen LogP contribution in [0.15, 0.2) is 0 Å². The van der Waals surface area contributed by atoms with E-state index in [2.05, 4.69) is 5.32 Å². The molecule has 0 amide bonds. The van der Waals surface area contributed by atoms with Gasteiger partial charge >= 0.3 is 0 Å². The third kappa shape index (κ3) is 1.88. The summed E-state index contributed by atoms with van der Waals surface area (Å²) in [4.78, 5) is 0. The summed E-state index contributed by atoms with van der Waals surface area (Å²) in [5, 5.41) is 23.9. The molecule has 2 aliphatic heterocycles. The molecule has 4 nitrogen and oxygen atoms in total. The predicted molar refractivity (Wildman–Crippen MR) is 61.2 cm³/mol. The molecule has 16 heavy (non-hydrogen) atoms. The molecule has 2 heterocycles. The van der Waals surface area contributed by atoms with E-state index in [1.807, 2.05) is 6.92 Å². The lowest BCUT2D eigenvalue weighted by molar-refractivity contribution is -0.150. The van der Waals surface area contributed by atoms with Gasteiger partial charge in [-0.25, -0.2) is 0 Å². The minimum atomic E-state index is -0.797. The molecule has 3 atom stereocenters. The molecular weight excluding hydrogens is 206 g/mol. The van der Waals surface area contributed by atoms with Gasteiger partial charge in [0.15, 0.2) is 0 Å². The third-order valence-corrected chi connectivity index (χ3v) is 4.44. The van der Waals surface area contributed by atoms with Gasteiger partial charge in [0.2, 0.25) is 0 Å². The number of ether oxygens (including phenoxy) is 1. The smallest absolute Gasteiger partial charge is 0.0774 e. The molecule has 2 fully saturated rings. The molecule has 0 aliphatic carbocycles. The minimum absolute atomic E-state index is 0.0310. The van der Waals surface area contributed by atoms with E-state index in [0.29, 0.717) is 18.7 Å². The first-order chi connectivity index (χ1) is 7.53. The summed E-state index contributed by atoms with van der Waals surface area (Å²) in [7, 11) is 1.62. The molecule has 0 spiro atoms. The van der Waals surface area contributed by atoms with Crippen LogP contribution in [0.2, 0.25) is 0 Å². The van der Waals surface area contributed by atoms with Gasteiger partial charge in [-0.1, -0.05) is 6.92 Å². The third-order valence-electron chi connectivity index (χ3n) is 4.44. The summed E-state index contributed by atoms with van der Waals surface area (Å²) in [5.74, 6) is 0. The average molecular weight is 229 g/mol. The second kappa shape index (κ2) is 4.26. The largest absolute Gasteiger partial charge is 0.396 e. The average Bonchev–Trinajstić information content (AvgIpc) is 2.58. The molecule has 0 aromatic rings. The second-order valence-electron chi connectivity index (χ2n) is 5.73. The SMILES string of the molecule is COCC(C)(CO)C1(O)CC2CCC(C1)N2. The van der Waals surface area contributed by atoms with Crippen LogP contribution in [0.3, 0.4) is 0 Å². The van der Waals surface area contributed by atoms with Crippen LogP contribution in [-0.2, 0) is 4.74 Å². The molecule has 0 radical (unpaired) electrons. The van der Waals surface area contributed by atoms with Crippen molar-refractivity contribution in [2.45, 2.75) is 50.3 Å². The van der Waals surface area contributed by atoms with Crippen molar-refractivity contribution >= 4 is 0 Å². The van der Waals surface area contributed by atoms with Crippen LogP contribution in [-0.4, -0.2) is 48.2 Å². The van der Waals surface area contributed by atoms with Gasteiger partial charge < -0.3 is 20.3 Å². The van der Waals surface area contributed by atoms with Crippen LogP contribution in [0.25, 0.3) is 0 Å². The highest BCUT2D eigenvalue weighted by Crippen LogP contribution is 2.44. The lowest BCUT2D eigenvalue weighted by Gasteiger charge is -2.48. The zero-order valence-corrected chi connectivity index (χ0v) is 10.2. The maximum atomic E-state index is 10.8. The fraction of sp³-hybridized carbons (Fsp3) is 1.00. The summed E-state index contributed by atoms with van der Waals surface area (Å²) >= 11 is 0. The van der Waals surface area contributed by atoms with E-state index in [1.165, 1.54) is 0 Å². The standard InChI is InChI=1S/C12H23NO3/c1-11(7-14,8-16-2)12(15)5-9-3-4-10(6-12)13-9/h9-10,13-15H,3-8H2,1-2H3. The molecule has 94 valence electrons. The molecule has 2 rings (SSSR count). The quantitative estimate of drug-likeness (QED) is 0.648. The summed E-state index contributed by atoms with van der Waals surface area (Å²) in [5.41, 5.74) is -1.35. The van der Waals surface area contributed by atoms with Gasteiger partial charge in [-0.2, -0.15) is 0 Å². The van der Waals surface area contributed by atoms with E-state index >= 15 is 0 Å². The number of hydrogen-bond donors (Lipinski definition) is 3. The summed E-state index contributed by atoms with van der Waals surface area (Å²) < 4.78 is 5.17. The molecule has 0 saturated carbocycles. The lowest BCUT2D eigenvalue weighted by Crippen LogP contribution is -2.59. The van der Waals surface area contributed by atoms with Crippen molar-refractivity contribution in [3.05, 3.63) is 0 Å². The monoisotopic (exact) mass is 229 g/mol. The van der Waals surface area contributed by atoms with Gasteiger partial charge in [-0.3, -0.25) is 0 Å². The van der Waals surface area contributed by atoms with E-state index in [-0.39, 0.29) is 6.61 Å². The Morgan fingerprint density at radius 2 is 1.94 bits per heavy atom. The van der Waals surface area contributed by atoms with Gasteiger partial charge in [0, 0.05) is 24.6 Å². The van der Waals surface area contributed by atoms with Crippen molar-refractivity contribution in [3.8, 4) is 0 Å². The molecule has 2 saturated heterocycles. The number of aliphatic hydroxyl groups excluding tert-OH is 1. The number of hydrogen-bond acceptors (Lipinski definition) is 4.